The molecule has 0 saturated heterocycles. The molecule has 8 heteroatoms. The molecule has 0 radical (unpaired) electrons. The van der Waals surface area contributed by atoms with Crippen LogP contribution in [0, 0.1) is 0 Å². The molecule has 0 aromatic carbocycles. The van der Waals surface area contributed by atoms with E-state index in [-0.39, 0.29) is 0 Å². The lowest BCUT2D eigenvalue weighted by Gasteiger charge is -2.22. The summed E-state index contributed by atoms with van der Waals surface area (Å²) in [6.45, 7) is 13.1. The van der Waals surface area contributed by atoms with Crippen LogP contribution in [-0.4, -0.2) is 31.5 Å². The van der Waals surface area contributed by atoms with Gasteiger partial charge in [-0.1, -0.05) is 19.6 Å². The first-order chi connectivity index (χ1) is 9.64. The molecule has 0 fully saturated rings. The van der Waals surface area contributed by atoms with Gasteiger partial charge in [0, 0.05) is 17.8 Å². The summed E-state index contributed by atoms with van der Waals surface area (Å²) in [5.41, 5.74) is 0.940. The third-order valence-electron chi connectivity index (χ3n) is 2.32. The lowest BCUT2D eigenvalue weighted by Crippen LogP contribution is -2.34. The molecule has 2 aromatic rings. The summed E-state index contributed by atoms with van der Waals surface area (Å²) >= 11 is 1.59. The van der Waals surface area contributed by atoms with Crippen LogP contribution >= 0.6 is 11.3 Å². The van der Waals surface area contributed by atoms with Crippen molar-refractivity contribution in [2.45, 2.75) is 39.3 Å². The molecule has 0 unspecified atom stereocenters. The first-order valence-corrected chi connectivity index (χ1v) is 14.7. The van der Waals surface area contributed by atoms with E-state index in [1.54, 1.807) is 17.5 Å². The van der Waals surface area contributed by atoms with Gasteiger partial charge in [0.1, 0.15) is 19.1 Å². The van der Waals surface area contributed by atoms with E-state index in [0.29, 0.717) is 6.01 Å². The van der Waals surface area contributed by atoms with E-state index in [4.69, 9.17) is 4.43 Å². The van der Waals surface area contributed by atoms with Crippen molar-refractivity contribution in [2.75, 3.05) is 4.98 Å². The maximum Gasteiger partial charge on any atom is 0.304 e. The van der Waals surface area contributed by atoms with E-state index in [1.807, 2.05) is 11.6 Å². The highest BCUT2D eigenvalue weighted by atomic mass is 32.1. The van der Waals surface area contributed by atoms with E-state index >= 15 is 0 Å². The summed E-state index contributed by atoms with van der Waals surface area (Å²) in [6.07, 6.45) is 3.61. The predicted octanol–water partition coefficient (Wildman–Crippen LogP) is 4.06. The zero-order valence-corrected chi connectivity index (χ0v) is 16.2. The van der Waals surface area contributed by atoms with Crippen molar-refractivity contribution < 1.29 is 4.43 Å². The summed E-state index contributed by atoms with van der Waals surface area (Å²) < 4.78 is 5.90. The van der Waals surface area contributed by atoms with Crippen LogP contribution in [0.1, 0.15) is 0 Å². The maximum atomic E-state index is 5.90. The van der Waals surface area contributed by atoms with Gasteiger partial charge in [-0.25, -0.2) is 9.97 Å². The SMILES string of the molecule is C[Si](C)(C)Nc1nc(O[Si](C)(C)C)ncc1-c1nccs1. The Morgan fingerprint density at radius 2 is 1.81 bits per heavy atom. The third kappa shape index (κ3) is 4.90. The van der Waals surface area contributed by atoms with Crippen LogP contribution in [0.5, 0.6) is 6.01 Å². The molecule has 0 atom stereocenters. The fourth-order valence-corrected chi connectivity index (χ4v) is 3.85. The molecular formula is C13H22N4OSSi2. The Morgan fingerprint density at radius 1 is 1.10 bits per heavy atom. The molecule has 1 N–H and O–H groups in total. The molecule has 0 aliphatic carbocycles. The minimum atomic E-state index is -1.72. The quantitative estimate of drug-likeness (QED) is 0.833. The van der Waals surface area contributed by atoms with Gasteiger partial charge in [0.15, 0.2) is 0 Å². The monoisotopic (exact) mass is 338 g/mol. The Hall–Kier alpha value is -1.26. The summed E-state index contributed by atoms with van der Waals surface area (Å²) in [6, 6.07) is 0.454. The van der Waals surface area contributed by atoms with Crippen molar-refractivity contribution in [3.63, 3.8) is 0 Å². The maximum absolute atomic E-state index is 5.90. The summed E-state index contributed by atoms with van der Waals surface area (Å²) in [5, 5.41) is 2.88. The number of anilines is 1. The number of hydrogen-bond acceptors (Lipinski definition) is 6. The molecule has 21 heavy (non-hydrogen) atoms. The first-order valence-electron chi connectivity index (χ1n) is 6.88. The molecule has 2 heterocycles. The second-order valence-corrected chi connectivity index (χ2v) is 16.9. The Balaban J connectivity index is 2.41. The highest BCUT2D eigenvalue weighted by Gasteiger charge is 2.22. The van der Waals surface area contributed by atoms with Gasteiger partial charge in [0.05, 0.1) is 5.56 Å². The van der Waals surface area contributed by atoms with Gasteiger partial charge >= 0.3 is 6.01 Å². The molecule has 5 nitrogen and oxygen atoms in total. The highest BCUT2D eigenvalue weighted by Crippen LogP contribution is 2.30. The molecule has 114 valence electrons. The van der Waals surface area contributed by atoms with E-state index in [2.05, 4.69) is 59.2 Å². The summed E-state index contributed by atoms with van der Waals surface area (Å²) in [5.74, 6) is 0.826. The molecule has 0 bridgehead atoms. The van der Waals surface area contributed by atoms with E-state index in [1.165, 1.54) is 0 Å². The number of thiazole rings is 1. The van der Waals surface area contributed by atoms with Crippen molar-refractivity contribution in [2.24, 2.45) is 0 Å². The lowest BCUT2D eigenvalue weighted by atomic mass is 10.3. The van der Waals surface area contributed by atoms with Crippen molar-refractivity contribution in [1.29, 1.82) is 0 Å². The van der Waals surface area contributed by atoms with Gasteiger partial charge in [-0.3, -0.25) is 0 Å². The van der Waals surface area contributed by atoms with Crippen molar-refractivity contribution in [3.8, 4) is 16.6 Å². The number of rotatable bonds is 5. The van der Waals surface area contributed by atoms with Crippen molar-refractivity contribution >= 4 is 33.7 Å². The molecule has 2 rings (SSSR count). The largest absolute Gasteiger partial charge is 0.518 e. The zero-order chi connectivity index (χ0) is 15.7. The van der Waals surface area contributed by atoms with Crippen LogP contribution in [0.25, 0.3) is 10.6 Å². The minimum Gasteiger partial charge on any atom is -0.518 e. The van der Waals surface area contributed by atoms with Crippen LogP contribution in [0.15, 0.2) is 17.8 Å². The molecule has 0 aliphatic rings. The van der Waals surface area contributed by atoms with E-state index < -0.39 is 16.6 Å². The summed E-state index contributed by atoms with van der Waals surface area (Å²) in [4.78, 5) is 16.9. The normalized spacial score (nSPS) is 12.3. The second kappa shape index (κ2) is 5.86. The Bertz CT molecular complexity index is 606. The van der Waals surface area contributed by atoms with Gasteiger partial charge in [-0.05, 0) is 19.6 Å². The second-order valence-electron chi connectivity index (χ2n) is 6.84. The average molecular weight is 339 g/mol. The first kappa shape index (κ1) is 16.1. The molecule has 0 aliphatic heterocycles. The highest BCUT2D eigenvalue weighted by molar-refractivity contribution is 7.13. The average Bonchev–Trinajstić information content (AvgIpc) is 2.78. The minimum absolute atomic E-state index is 0.454. The fraction of sp³-hybridized carbons (Fsp3) is 0.462. The van der Waals surface area contributed by atoms with Crippen molar-refractivity contribution in [1.82, 2.24) is 15.0 Å². The van der Waals surface area contributed by atoms with E-state index in [9.17, 15) is 0 Å². The van der Waals surface area contributed by atoms with Gasteiger partial charge < -0.3 is 9.41 Å². The number of nitrogens with one attached hydrogen (secondary N) is 1. The number of hydrogen-bond donors (Lipinski definition) is 1. The fourth-order valence-electron chi connectivity index (χ4n) is 1.65. The van der Waals surface area contributed by atoms with Gasteiger partial charge in [0.2, 0.25) is 8.32 Å². The Kier molecular flexibility index (Phi) is 4.50. The smallest absolute Gasteiger partial charge is 0.304 e. The molecule has 2 aromatic heterocycles. The van der Waals surface area contributed by atoms with Crippen LogP contribution < -0.4 is 9.41 Å². The zero-order valence-electron chi connectivity index (χ0n) is 13.4. The van der Waals surface area contributed by atoms with Crippen LogP contribution in [0.3, 0.4) is 0 Å². The third-order valence-corrected chi connectivity index (χ3v) is 4.91. The van der Waals surface area contributed by atoms with Crippen LogP contribution in [-0.2, 0) is 0 Å². The Morgan fingerprint density at radius 3 is 2.33 bits per heavy atom. The van der Waals surface area contributed by atoms with Gasteiger partial charge in [0.25, 0.3) is 0 Å². The Labute approximate surface area is 132 Å². The van der Waals surface area contributed by atoms with E-state index in [0.717, 1.165) is 16.4 Å². The number of nitrogens with zero attached hydrogens (tertiary/aromatic N) is 3. The van der Waals surface area contributed by atoms with Crippen molar-refractivity contribution in [3.05, 3.63) is 17.8 Å². The van der Waals surface area contributed by atoms with Gasteiger partial charge in [-0.15, -0.1) is 11.3 Å². The van der Waals surface area contributed by atoms with Crippen LogP contribution in [0.4, 0.5) is 5.82 Å². The van der Waals surface area contributed by atoms with Gasteiger partial charge in [-0.2, -0.15) is 4.98 Å². The molecule has 0 saturated carbocycles. The number of aromatic nitrogens is 3. The summed E-state index contributed by atoms with van der Waals surface area (Å²) in [7, 11) is -3.25. The topological polar surface area (TPSA) is 59.9 Å². The predicted molar refractivity (Wildman–Crippen MR) is 94.1 cm³/mol. The standard InChI is InChI=1S/C13H22N4OSSi2/c1-20(2,3)17-11-10(12-14-7-8-19-12)9-15-13(16-11)18-21(4,5)6/h7-9H,1-6H3,(H,15,16,17). The molecule has 0 spiro atoms. The molecular weight excluding hydrogens is 316 g/mol. The lowest BCUT2D eigenvalue weighted by molar-refractivity contribution is 0.510. The molecule has 0 amide bonds. The van der Waals surface area contributed by atoms with Crippen LogP contribution in [0.2, 0.25) is 39.3 Å².